The molecule has 2 atom stereocenters. The van der Waals surface area contributed by atoms with Gasteiger partial charge in [-0.2, -0.15) is 0 Å². The summed E-state index contributed by atoms with van der Waals surface area (Å²) < 4.78 is 11.6. The van der Waals surface area contributed by atoms with Gasteiger partial charge in [-0.05, 0) is 57.4 Å². The second kappa shape index (κ2) is 19.5. The molecule has 4 rings (SSSR count). The smallest absolute Gasteiger partial charge is 0.159 e. The number of phenolic OH excluding ortho intramolecular Hbond substituents is 1. The highest BCUT2D eigenvalue weighted by molar-refractivity contribution is 6.13. The number of aliphatic hydroxyl groups excluding tert-OH is 1. The average molecular weight is 670 g/mol. The van der Waals surface area contributed by atoms with Crippen LogP contribution < -0.4 is 4.74 Å². The van der Waals surface area contributed by atoms with Crippen LogP contribution in [-0.2, 0) is 4.74 Å². The summed E-state index contributed by atoms with van der Waals surface area (Å²) in [5.41, 5.74) is 7.22. The molecule has 0 amide bonds. The van der Waals surface area contributed by atoms with Gasteiger partial charge in [0.15, 0.2) is 12.0 Å². The summed E-state index contributed by atoms with van der Waals surface area (Å²) in [6, 6.07) is 17.9. The van der Waals surface area contributed by atoms with Crippen LogP contribution >= 0.6 is 0 Å². The van der Waals surface area contributed by atoms with E-state index in [2.05, 4.69) is 71.0 Å². The second-order valence-electron chi connectivity index (χ2n) is 13.8. The number of aromatic hydroxyl groups is 1. The number of aliphatic hydroxyl groups is 1. The van der Waals surface area contributed by atoms with Crippen molar-refractivity contribution in [2.45, 2.75) is 118 Å². The molecule has 0 radical (unpaired) electrons. The number of aryl methyl sites for hydroxylation is 4. The number of aliphatic imine (C=N–C) groups is 2. The Morgan fingerprint density at radius 3 is 1.92 bits per heavy atom. The van der Waals surface area contributed by atoms with Gasteiger partial charge in [-0.1, -0.05) is 119 Å². The van der Waals surface area contributed by atoms with Crippen molar-refractivity contribution in [3.63, 3.8) is 0 Å². The summed E-state index contributed by atoms with van der Waals surface area (Å²) in [5, 5.41) is 21.7. The third kappa shape index (κ3) is 11.4. The molecule has 3 aromatic carbocycles. The van der Waals surface area contributed by atoms with Crippen LogP contribution in [0.1, 0.15) is 123 Å². The Labute approximate surface area is 295 Å². The molecule has 2 unspecified atom stereocenters. The van der Waals surface area contributed by atoms with Crippen LogP contribution in [0.15, 0.2) is 64.6 Å². The standard InChI is InChI=1S/C42H59N3O4/c1-7-8-9-10-11-12-13-14-15-16-17-24-48-28-34(46)29-49-35-20-23-38(39(47)27-35)42-44-40(36-21-18-30(2)25-32(36)4)43-41(45(42)6)37-22-19-31(3)26-33(37)5/h18-23,25-27,34,42,46-47H,7-17,24,28-29H2,1-6H3. The van der Waals surface area contributed by atoms with Crippen LogP contribution in [0, 0.1) is 27.7 Å². The molecular formula is C42H59N3O4. The predicted octanol–water partition coefficient (Wildman–Crippen LogP) is 9.53. The molecule has 0 aliphatic carbocycles. The molecule has 266 valence electrons. The minimum absolute atomic E-state index is 0.0715. The normalized spacial score (nSPS) is 15.2. The van der Waals surface area contributed by atoms with Crippen LogP contribution in [0.5, 0.6) is 11.5 Å². The first-order chi connectivity index (χ1) is 23.7. The quantitative estimate of drug-likeness (QED) is 0.117. The Balaban J connectivity index is 1.31. The molecular weight excluding hydrogens is 610 g/mol. The molecule has 49 heavy (non-hydrogen) atoms. The van der Waals surface area contributed by atoms with E-state index in [0.29, 0.717) is 23.8 Å². The van der Waals surface area contributed by atoms with Gasteiger partial charge in [0.05, 0.1) is 6.61 Å². The summed E-state index contributed by atoms with van der Waals surface area (Å²) in [6.45, 7) is 11.6. The summed E-state index contributed by atoms with van der Waals surface area (Å²) in [6.07, 6.45) is 13.0. The fraction of sp³-hybridized carbons (Fsp3) is 0.524. The maximum absolute atomic E-state index is 11.3. The third-order valence-electron chi connectivity index (χ3n) is 9.33. The summed E-state index contributed by atoms with van der Waals surface area (Å²) in [5.74, 6) is 1.98. The maximum atomic E-state index is 11.3. The van der Waals surface area contributed by atoms with Crippen molar-refractivity contribution in [3.8, 4) is 11.5 Å². The third-order valence-corrected chi connectivity index (χ3v) is 9.33. The number of hydrogen-bond acceptors (Lipinski definition) is 7. The summed E-state index contributed by atoms with van der Waals surface area (Å²) in [7, 11) is 1.96. The minimum Gasteiger partial charge on any atom is -0.507 e. The fourth-order valence-corrected chi connectivity index (χ4v) is 6.47. The van der Waals surface area contributed by atoms with Crippen LogP contribution in [0.25, 0.3) is 0 Å². The van der Waals surface area contributed by atoms with Crippen LogP contribution in [-0.4, -0.2) is 59.8 Å². The van der Waals surface area contributed by atoms with E-state index in [1.807, 2.05) is 24.1 Å². The Morgan fingerprint density at radius 2 is 1.33 bits per heavy atom. The van der Waals surface area contributed by atoms with Crippen molar-refractivity contribution in [1.29, 1.82) is 0 Å². The maximum Gasteiger partial charge on any atom is 0.159 e. The van der Waals surface area contributed by atoms with E-state index in [9.17, 15) is 10.2 Å². The topological polar surface area (TPSA) is 86.9 Å². The van der Waals surface area contributed by atoms with Gasteiger partial charge in [0, 0.05) is 36.4 Å². The van der Waals surface area contributed by atoms with Crippen LogP contribution in [0.2, 0.25) is 0 Å². The molecule has 0 saturated carbocycles. The number of phenols is 1. The van der Waals surface area contributed by atoms with Crippen molar-refractivity contribution in [2.75, 3.05) is 26.9 Å². The van der Waals surface area contributed by atoms with Crippen molar-refractivity contribution in [2.24, 2.45) is 9.98 Å². The van der Waals surface area contributed by atoms with Crippen molar-refractivity contribution < 1.29 is 19.7 Å². The number of hydrogen-bond donors (Lipinski definition) is 2. The molecule has 0 bridgehead atoms. The molecule has 7 nitrogen and oxygen atoms in total. The monoisotopic (exact) mass is 669 g/mol. The van der Waals surface area contributed by atoms with Gasteiger partial charge < -0.3 is 24.6 Å². The molecule has 1 aliphatic rings. The van der Waals surface area contributed by atoms with Gasteiger partial charge >= 0.3 is 0 Å². The largest absolute Gasteiger partial charge is 0.507 e. The van der Waals surface area contributed by atoms with Crippen LogP contribution in [0.4, 0.5) is 0 Å². The minimum atomic E-state index is -0.750. The fourth-order valence-electron chi connectivity index (χ4n) is 6.47. The van der Waals surface area contributed by atoms with Crippen LogP contribution in [0.3, 0.4) is 0 Å². The highest BCUT2D eigenvalue weighted by Crippen LogP contribution is 2.36. The molecule has 0 spiro atoms. The zero-order valence-corrected chi connectivity index (χ0v) is 30.8. The van der Waals surface area contributed by atoms with Gasteiger partial charge in [0.1, 0.15) is 30.0 Å². The number of benzene rings is 3. The van der Waals surface area contributed by atoms with Gasteiger partial charge in [0.2, 0.25) is 0 Å². The molecule has 7 heteroatoms. The van der Waals surface area contributed by atoms with Crippen molar-refractivity contribution >= 4 is 11.7 Å². The Bertz CT molecular complexity index is 1550. The van der Waals surface area contributed by atoms with E-state index in [4.69, 9.17) is 19.5 Å². The molecule has 3 aromatic rings. The van der Waals surface area contributed by atoms with Crippen molar-refractivity contribution in [3.05, 3.63) is 93.5 Å². The predicted molar refractivity (Wildman–Crippen MR) is 202 cm³/mol. The van der Waals surface area contributed by atoms with Gasteiger partial charge in [-0.15, -0.1) is 0 Å². The first kappa shape index (κ1) is 38.1. The summed E-state index contributed by atoms with van der Waals surface area (Å²) in [4.78, 5) is 12.1. The average Bonchev–Trinajstić information content (AvgIpc) is 3.07. The Kier molecular flexibility index (Phi) is 15.2. The Morgan fingerprint density at radius 1 is 0.735 bits per heavy atom. The van der Waals surface area contributed by atoms with E-state index < -0.39 is 12.3 Å². The molecule has 1 heterocycles. The molecule has 0 saturated heterocycles. The lowest BCUT2D eigenvalue weighted by Gasteiger charge is -2.33. The van der Waals surface area contributed by atoms with Gasteiger partial charge in [-0.3, -0.25) is 0 Å². The molecule has 2 N–H and O–H groups in total. The summed E-state index contributed by atoms with van der Waals surface area (Å²) >= 11 is 0. The highest BCUT2D eigenvalue weighted by atomic mass is 16.5. The highest BCUT2D eigenvalue weighted by Gasteiger charge is 2.30. The lowest BCUT2D eigenvalue weighted by molar-refractivity contribution is 0.0109. The lowest BCUT2D eigenvalue weighted by atomic mass is 10.0. The molecule has 0 aromatic heterocycles. The number of amidine groups is 2. The molecule has 0 fully saturated rings. The zero-order chi connectivity index (χ0) is 35.2. The van der Waals surface area contributed by atoms with E-state index in [1.54, 1.807) is 6.07 Å². The van der Waals surface area contributed by atoms with E-state index in [0.717, 1.165) is 34.5 Å². The Hall–Kier alpha value is -3.68. The zero-order valence-electron chi connectivity index (χ0n) is 30.8. The molecule has 1 aliphatic heterocycles. The van der Waals surface area contributed by atoms with E-state index in [1.165, 1.54) is 75.3 Å². The second-order valence-corrected chi connectivity index (χ2v) is 13.8. The van der Waals surface area contributed by atoms with Gasteiger partial charge in [-0.25, -0.2) is 9.98 Å². The first-order valence-corrected chi connectivity index (χ1v) is 18.4. The van der Waals surface area contributed by atoms with E-state index >= 15 is 0 Å². The number of ether oxygens (including phenoxy) is 2. The van der Waals surface area contributed by atoms with E-state index in [-0.39, 0.29) is 19.0 Å². The van der Waals surface area contributed by atoms with Gasteiger partial charge in [0.25, 0.3) is 0 Å². The first-order valence-electron chi connectivity index (χ1n) is 18.4. The lowest BCUT2D eigenvalue weighted by Crippen LogP contribution is -2.36. The number of rotatable bonds is 20. The van der Waals surface area contributed by atoms with Crippen molar-refractivity contribution in [1.82, 2.24) is 4.90 Å². The number of unbranched alkanes of at least 4 members (excludes halogenated alkanes) is 10. The number of nitrogens with zero attached hydrogens (tertiary/aromatic N) is 3. The SMILES string of the molecule is CCCCCCCCCCCCCOCC(O)COc1ccc(C2N=C(c3ccc(C)cc3C)N=C(c3ccc(C)cc3C)N2C)c(O)c1.